The summed E-state index contributed by atoms with van der Waals surface area (Å²) in [6, 6.07) is 0. The van der Waals surface area contributed by atoms with Crippen LogP contribution in [0.1, 0.15) is 27.2 Å². The largest absolute Gasteiger partial charge is 0.388 e. The summed E-state index contributed by atoms with van der Waals surface area (Å²) in [6.45, 7) is 5.15. The lowest BCUT2D eigenvalue weighted by molar-refractivity contribution is -0.128. The van der Waals surface area contributed by atoms with Gasteiger partial charge in [-0.2, -0.15) is 0 Å². The van der Waals surface area contributed by atoms with E-state index in [1.807, 2.05) is 0 Å². The SMILES string of the molecule is CC1CC(=O)CNC(C)(C=O)[C@@]1(C)O. The highest BCUT2D eigenvalue weighted by Crippen LogP contribution is 2.32. The summed E-state index contributed by atoms with van der Waals surface area (Å²) < 4.78 is 0. The van der Waals surface area contributed by atoms with Gasteiger partial charge in [0.25, 0.3) is 0 Å². The first-order valence-corrected chi connectivity index (χ1v) is 4.79. The first kappa shape index (κ1) is 11.3. The molecule has 2 unspecified atom stereocenters. The third-order valence-corrected chi connectivity index (χ3v) is 3.43. The van der Waals surface area contributed by atoms with Crippen molar-refractivity contribution in [3.63, 3.8) is 0 Å². The van der Waals surface area contributed by atoms with Gasteiger partial charge in [-0.15, -0.1) is 0 Å². The number of Topliss-reactive ketones (excluding diaryl/α,β-unsaturated/α-hetero) is 1. The molecule has 1 aliphatic rings. The molecule has 3 atom stereocenters. The molecule has 4 nitrogen and oxygen atoms in total. The molecule has 0 saturated carbocycles. The molecule has 0 aliphatic carbocycles. The smallest absolute Gasteiger partial charge is 0.147 e. The van der Waals surface area contributed by atoms with E-state index in [1.165, 1.54) is 0 Å². The van der Waals surface area contributed by atoms with Gasteiger partial charge in [0.15, 0.2) is 0 Å². The molecule has 0 bridgehead atoms. The van der Waals surface area contributed by atoms with Crippen molar-refractivity contribution in [2.24, 2.45) is 5.92 Å². The standard InChI is InChI=1S/C10H17NO3/c1-7-4-8(13)5-11-9(2,6-12)10(7,3)14/h6-7,11,14H,4-5H2,1-3H3/t7?,9?,10-/m0/s1. The summed E-state index contributed by atoms with van der Waals surface area (Å²) in [4.78, 5) is 22.3. The highest BCUT2D eigenvalue weighted by atomic mass is 16.3. The van der Waals surface area contributed by atoms with Crippen LogP contribution in [0.4, 0.5) is 0 Å². The summed E-state index contributed by atoms with van der Waals surface area (Å²) in [5.74, 6) is -0.191. The zero-order valence-corrected chi connectivity index (χ0v) is 8.83. The molecule has 0 amide bonds. The number of carbonyl (C=O) groups excluding carboxylic acids is 2. The second-order valence-electron chi connectivity index (χ2n) is 4.47. The molecule has 0 aromatic rings. The fourth-order valence-corrected chi connectivity index (χ4v) is 1.75. The van der Waals surface area contributed by atoms with Gasteiger partial charge in [0.1, 0.15) is 17.6 Å². The van der Waals surface area contributed by atoms with Crippen molar-refractivity contribution >= 4 is 12.1 Å². The Morgan fingerprint density at radius 2 is 2.14 bits per heavy atom. The lowest BCUT2D eigenvalue weighted by Crippen LogP contribution is -2.62. The Bertz CT molecular complexity index is 262. The van der Waals surface area contributed by atoms with Crippen molar-refractivity contribution in [3.05, 3.63) is 0 Å². The van der Waals surface area contributed by atoms with Crippen LogP contribution in [0.3, 0.4) is 0 Å². The number of aliphatic hydroxyl groups is 1. The summed E-state index contributed by atoms with van der Waals surface area (Å²) in [5, 5.41) is 13.0. The van der Waals surface area contributed by atoms with Gasteiger partial charge >= 0.3 is 0 Å². The van der Waals surface area contributed by atoms with Crippen LogP contribution in [-0.2, 0) is 9.59 Å². The van der Waals surface area contributed by atoms with Crippen LogP contribution in [0, 0.1) is 5.92 Å². The second kappa shape index (κ2) is 3.44. The summed E-state index contributed by atoms with van der Waals surface area (Å²) in [6.07, 6.45) is 0.992. The van der Waals surface area contributed by atoms with Gasteiger partial charge in [0.2, 0.25) is 0 Å². The van der Waals surface area contributed by atoms with Gasteiger partial charge in [-0.25, -0.2) is 0 Å². The van der Waals surface area contributed by atoms with Crippen LogP contribution in [0.2, 0.25) is 0 Å². The van der Waals surface area contributed by atoms with E-state index in [0.29, 0.717) is 12.7 Å². The third-order valence-electron chi connectivity index (χ3n) is 3.43. The monoisotopic (exact) mass is 199 g/mol. The zero-order chi connectivity index (χ0) is 11.0. The van der Waals surface area contributed by atoms with Crippen molar-refractivity contribution < 1.29 is 14.7 Å². The summed E-state index contributed by atoms with van der Waals surface area (Å²) in [7, 11) is 0. The maximum Gasteiger partial charge on any atom is 0.147 e. The molecule has 0 spiro atoms. The van der Waals surface area contributed by atoms with Gasteiger partial charge in [-0.05, 0) is 19.8 Å². The van der Waals surface area contributed by atoms with Gasteiger partial charge in [0.05, 0.1) is 12.1 Å². The topological polar surface area (TPSA) is 66.4 Å². The van der Waals surface area contributed by atoms with E-state index in [4.69, 9.17) is 0 Å². The van der Waals surface area contributed by atoms with Gasteiger partial charge in [-0.3, -0.25) is 10.1 Å². The summed E-state index contributed by atoms with van der Waals surface area (Å²) in [5.41, 5.74) is -2.24. The molecule has 1 fully saturated rings. The van der Waals surface area contributed by atoms with Crippen molar-refractivity contribution in [2.45, 2.75) is 38.3 Å². The van der Waals surface area contributed by atoms with E-state index in [0.717, 1.165) is 0 Å². The fourth-order valence-electron chi connectivity index (χ4n) is 1.75. The fraction of sp³-hybridized carbons (Fsp3) is 0.800. The van der Waals surface area contributed by atoms with E-state index in [1.54, 1.807) is 20.8 Å². The molecular weight excluding hydrogens is 182 g/mol. The van der Waals surface area contributed by atoms with Crippen LogP contribution in [-0.4, -0.2) is 34.9 Å². The van der Waals surface area contributed by atoms with Crippen LogP contribution in [0.5, 0.6) is 0 Å². The molecule has 1 rings (SSSR count). The first-order valence-electron chi connectivity index (χ1n) is 4.79. The molecule has 0 radical (unpaired) electrons. The molecular formula is C10H17NO3. The van der Waals surface area contributed by atoms with Crippen LogP contribution in [0.25, 0.3) is 0 Å². The van der Waals surface area contributed by atoms with Crippen LogP contribution in [0.15, 0.2) is 0 Å². The average molecular weight is 199 g/mol. The van der Waals surface area contributed by atoms with Crippen molar-refractivity contribution in [3.8, 4) is 0 Å². The Morgan fingerprint density at radius 1 is 1.57 bits per heavy atom. The Labute approximate surface area is 83.7 Å². The van der Waals surface area contributed by atoms with Crippen molar-refractivity contribution in [1.82, 2.24) is 5.32 Å². The number of rotatable bonds is 1. The minimum absolute atomic E-state index is 0.0309. The number of nitrogens with one attached hydrogen (secondary N) is 1. The first-order chi connectivity index (χ1) is 6.33. The second-order valence-corrected chi connectivity index (χ2v) is 4.47. The highest BCUT2D eigenvalue weighted by molar-refractivity contribution is 5.83. The molecule has 14 heavy (non-hydrogen) atoms. The minimum atomic E-state index is -1.19. The van der Waals surface area contributed by atoms with E-state index in [-0.39, 0.29) is 18.2 Å². The van der Waals surface area contributed by atoms with Crippen LogP contribution >= 0.6 is 0 Å². The normalized spacial score (nSPS) is 44.6. The van der Waals surface area contributed by atoms with Crippen LogP contribution < -0.4 is 5.32 Å². The Morgan fingerprint density at radius 3 is 2.64 bits per heavy atom. The highest BCUT2D eigenvalue weighted by Gasteiger charge is 2.49. The average Bonchev–Trinajstić information content (AvgIpc) is 2.19. The Kier molecular flexibility index (Phi) is 2.78. The van der Waals surface area contributed by atoms with E-state index >= 15 is 0 Å². The molecule has 1 heterocycles. The summed E-state index contributed by atoms with van der Waals surface area (Å²) >= 11 is 0. The maximum absolute atomic E-state index is 11.3. The van der Waals surface area contributed by atoms with Crippen molar-refractivity contribution in [1.29, 1.82) is 0 Å². The quantitative estimate of drug-likeness (QED) is 0.578. The number of aldehydes is 1. The maximum atomic E-state index is 11.3. The lowest BCUT2D eigenvalue weighted by atomic mass is 9.75. The minimum Gasteiger partial charge on any atom is -0.388 e. The molecule has 4 heteroatoms. The Hall–Kier alpha value is -0.740. The van der Waals surface area contributed by atoms with E-state index in [9.17, 15) is 14.7 Å². The molecule has 2 N–H and O–H groups in total. The van der Waals surface area contributed by atoms with Gasteiger partial charge < -0.3 is 9.90 Å². The predicted octanol–water partition coefficient (Wildman–Crippen LogP) is -0.107. The van der Waals surface area contributed by atoms with E-state index < -0.39 is 11.1 Å². The molecule has 80 valence electrons. The van der Waals surface area contributed by atoms with Gasteiger partial charge in [0, 0.05) is 6.42 Å². The molecule has 0 aromatic heterocycles. The molecule has 0 aromatic carbocycles. The molecule has 1 saturated heterocycles. The molecule has 1 aliphatic heterocycles. The number of carbonyl (C=O) groups is 2. The number of hydrogen-bond donors (Lipinski definition) is 2. The number of hydrogen-bond acceptors (Lipinski definition) is 4. The van der Waals surface area contributed by atoms with Crippen molar-refractivity contribution in [2.75, 3.05) is 6.54 Å². The third kappa shape index (κ3) is 1.60. The van der Waals surface area contributed by atoms with Gasteiger partial charge in [-0.1, -0.05) is 6.92 Å². The number of ketones is 1. The Balaban J connectivity index is 3.06. The lowest BCUT2D eigenvalue weighted by Gasteiger charge is -2.41. The zero-order valence-electron chi connectivity index (χ0n) is 8.83. The van der Waals surface area contributed by atoms with E-state index in [2.05, 4.69) is 5.32 Å². The predicted molar refractivity (Wildman–Crippen MR) is 51.9 cm³/mol.